The standard InChI is InChI=1S/C8H16N4O2/c9-8(14)12-5-4-11-7(13)6-2-1-3-10-6/h6,10H,1-5H2,(H,11,13)(H3,9,12,14)/t6-/m1/s1. The fraction of sp³-hybridized carbons (Fsp3) is 0.750. The normalized spacial score (nSPS) is 20.4. The number of primary amides is 1. The van der Waals surface area contributed by atoms with Gasteiger partial charge in [0.25, 0.3) is 0 Å². The number of hydrogen-bond acceptors (Lipinski definition) is 3. The van der Waals surface area contributed by atoms with E-state index in [4.69, 9.17) is 5.73 Å². The molecule has 1 fully saturated rings. The van der Waals surface area contributed by atoms with E-state index >= 15 is 0 Å². The Kier molecular flexibility index (Phi) is 4.18. The van der Waals surface area contributed by atoms with E-state index in [1.807, 2.05) is 0 Å². The van der Waals surface area contributed by atoms with Crippen LogP contribution in [0, 0.1) is 0 Å². The summed E-state index contributed by atoms with van der Waals surface area (Å²) in [5, 5.41) is 8.19. The Balaban J connectivity index is 2.05. The van der Waals surface area contributed by atoms with E-state index in [0.717, 1.165) is 19.4 Å². The van der Waals surface area contributed by atoms with Gasteiger partial charge in [-0.3, -0.25) is 4.79 Å². The first kappa shape index (κ1) is 10.8. The van der Waals surface area contributed by atoms with E-state index in [0.29, 0.717) is 13.1 Å². The summed E-state index contributed by atoms with van der Waals surface area (Å²) in [4.78, 5) is 21.7. The zero-order chi connectivity index (χ0) is 10.4. The summed E-state index contributed by atoms with van der Waals surface area (Å²) in [6, 6.07) is -0.637. The molecule has 0 unspecified atom stereocenters. The van der Waals surface area contributed by atoms with Crippen molar-refractivity contribution < 1.29 is 9.59 Å². The molecule has 5 N–H and O–H groups in total. The Bertz CT molecular complexity index is 213. The highest BCUT2D eigenvalue weighted by Gasteiger charge is 2.20. The van der Waals surface area contributed by atoms with E-state index < -0.39 is 6.03 Å². The summed E-state index contributed by atoms with van der Waals surface area (Å²) in [5.74, 6) is -0.00577. The minimum Gasteiger partial charge on any atom is -0.353 e. The maximum atomic E-state index is 11.4. The van der Waals surface area contributed by atoms with Crippen molar-refractivity contribution >= 4 is 11.9 Å². The quantitative estimate of drug-likeness (QED) is 0.417. The molecule has 0 bridgehead atoms. The highest BCUT2D eigenvalue weighted by Crippen LogP contribution is 2.03. The van der Waals surface area contributed by atoms with Crippen molar-refractivity contribution in [3.63, 3.8) is 0 Å². The summed E-state index contributed by atoms with van der Waals surface area (Å²) in [5.41, 5.74) is 4.86. The second-order valence-corrected chi connectivity index (χ2v) is 3.23. The molecule has 0 aromatic carbocycles. The lowest BCUT2D eigenvalue weighted by Gasteiger charge is -2.10. The van der Waals surface area contributed by atoms with Crippen molar-refractivity contribution in [2.24, 2.45) is 5.73 Å². The smallest absolute Gasteiger partial charge is 0.312 e. The predicted molar refractivity (Wildman–Crippen MR) is 51.6 cm³/mol. The van der Waals surface area contributed by atoms with Gasteiger partial charge in [0.15, 0.2) is 0 Å². The van der Waals surface area contributed by atoms with Gasteiger partial charge >= 0.3 is 6.03 Å². The summed E-state index contributed by atoms with van der Waals surface area (Å²) >= 11 is 0. The molecule has 0 aliphatic carbocycles. The van der Waals surface area contributed by atoms with Crippen molar-refractivity contribution in [2.75, 3.05) is 19.6 Å². The first-order chi connectivity index (χ1) is 6.70. The number of nitrogens with two attached hydrogens (primary N) is 1. The third-order valence-corrected chi connectivity index (χ3v) is 2.10. The maximum absolute atomic E-state index is 11.4. The number of urea groups is 1. The van der Waals surface area contributed by atoms with Crippen LogP contribution in [0.2, 0.25) is 0 Å². The van der Waals surface area contributed by atoms with E-state index in [9.17, 15) is 9.59 Å². The van der Waals surface area contributed by atoms with Gasteiger partial charge < -0.3 is 21.7 Å². The van der Waals surface area contributed by atoms with Crippen LogP contribution in [-0.4, -0.2) is 37.6 Å². The Morgan fingerprint density at radius 2 is 2.07 bits per heavy atom. The lowest BCUT2D eigenvalue weighted by Crippen LogP contribution is -2.44. The number of hydrogen-bond donors (Lipinski definition) is 4. The molecule has 1 rings (SSSR count). The fourth-order valence-electron chi connectivity index (χ4n) is 1.40. The number of carbonyl (C=O) groups excluding carboxylic acids is 2. The highest BCUT2D eigenvalue weighted by molar-refractivity contribution is 5.82. The van der Waals surface area contributed by atoms with Gasteiger partial charge in [0, 0.05) is 13.1 Å². The largest absolute Gasteiger partial charge is 0.353 e. The van der Waals surface area contributed by atoms with Crippen LogP contribution < -0.4 is 21.7 Å². The minimum absolute atomic E-state index is 0.00577. The Morgan fingerprint density at radius 1 is 1.36 bits per heavy atom. The van der Waals surface area contributed by atoms with Crippen molar-refractivity contribution in [1.29, 1.82) is 0 Å². The summed E-state index contributed by atoms with van der Waals surface area (Å²) < 4.78 is 0. The van der Waals surface area contributed by atoms with Gasteiger partial charge in [-0.05, 0) is 19.4 Å². The van der Waals surface area contributed by atoms with Gasteiger partial charge in [0.1, 0.15) is 0 Å². The van der Waals surface area contributed by atoms with E-state index in [-0.39, 0.29) is 11.9 Å². The molecule has 1 atom stereocenters. The van der Waals surface area contributed by atoms with Crippen LogP contribution >= 0.6 is 0 Å². The fourth-order valence-corrected chi connectivity index (χ4v) is 1.40. The Hall–Kier alpha value is -1.30. The van der Waals surface area contributed by atoms with Gasteiger partial charge in [-0.25, -0.2) is 4.79 Å². The van der Waals surface area contributed by atoms with Crippen LogP contribution in [0.1, 0.15) is 12.8 Å². The highest BCUT2D eigenvalue weighted by atomic mass is 16.2. The second-order valence-electron chi connectivity index (χ2n) is 3.23. The molecule has 0 radical (unpaired) electrons. The Labute approximate surface area is 82.6 Å². The van der Waals surface area contributed by atoms with Crippen LogP contribution in [0.4, 0.5) is 4.79 Å². The second kappa shape index (κ2) is 5.43. The summed E-state index contributed by atoms with van der Waals surface area (Å²) in [6.07, 6.45) is 1.92. The molecule has 0 saturated carbocycles. The van der Waals surface area contributed by atoms with E-state index in [1.165, 1.54) is 0 Å². The molecular weight excluding hydrogens is 184 g/mol. The van der Waals surface area contributed by atoms with Gasteiger partial charge in [-0.15, -0.1) is 0 Å². The molecule has 6 heteroatoms. The SMILES string of the molecule is NC(=O)NCCNC(=O)[C@H]1CCCN1. The van der Waals surface area contributed by atoms with Crippen LogP contribution in [0.5, 0.6) is 0 Å². The zero-order valence-electron chi connectivity index (χ0n) is 8.01. The number of carbonyl (C=O) groups is 2. The topological polar surface area (TPSA) is 96.2 Å². The van der Waals surface area contributed by atoms with Crippen LogP contribution in [0.3, 0.4) is 0 Å². The molecule has 0 aromatic heterocycles. The molecule has 6 nitrogen and oxygen atoms in total. The zero-order valence-corrected chi connectivity index (χ0v) is 8.01. The maximum Gasteiger partial charge on any atom is 0.312 e. The molecule has 1 heterocycles. The van der Waals surface area contributed by atoms with Crippen molar-refractivity contribution in [3.8, 4) is 0 Å². The van der Waals surface area contributed by atoms with Crippen molar-refractivity contribution in [2.45, 2.75) is 18.9 Å². The molecular formula is C8H16N4O2. The molecule has 3 amide bonds. The van der Waals surface area contributed by atoms with Gasteiger partial charge in [0.05, 0.1) is 6.04 Å². The monoisotopic (exact) mass is 200 g/mol. The van der Waals surface area contributed by atoms with E-state index in [1.54, 1.807) is 0 Å². The van der Waals surface area contributed by atoms with E-state index in [2.05, 4.69) is 16.0 Å². The molecule has 14 heavy (non-hydrogen) atoms. The minimum atomic E-state index is -0.571. The average molecular weight is 200 g/mol. The van der Waals surface area contributed by atoms with Crippen molar-refractivity contribution in [3.05, 3.63) is 0 Å². The molecule has 80 valence electrons. The van der Waals surface area contributed by atoms with Crippen LogP contribution in [0.15, 0.2) is 0 Å². The molecule has 1 aliphatic rings. The van der Waals surface area contributed by atoms with Gasteiger partial charge in [-0.1, -0.05) is 0 Å². The number of nitrogens with one attached hydrogen (secondary N) is 3. The first-order valence-corrected chi connectivity index (χ1v) is 4.74. The molecule has 0 spiro atoms. The predicted octanol–water partition coefficient (Wildman–Crippen LogP) is -1.48. The lowest BCUT2D eigenvalue weighted by atomic mass is 10.2. The third-order valence-electron chi connectivity index (χ3n) is 2.10. The number of rotatable bonds is 4. The first-order valence-electron chi connectivity index (χ1n) is 4.74. The lowest BCUT2D eigenvalue weighted by molar-refractivity contribution is -0.122. The third kappa shape index (κ3) is 3.61. The van der Waals surface area contributed by atoms with Crippen LogP contribution in [-0.2, 0) is 4.79 Å². The summed E-state index contributed by atoms with van der Waals surface area (Å²) in [6.45, 7) is 1.69. The molecule has 0 aromatic rings. The Morgan fingerprint density at radius 3 is 2.64 bits per heavy atom. The van der Waals surface area contributed by atoms with Crippen molar-refractivity contribution in [1.82, 2.24) is 16.0 Å². The van der Waals surface area contributed by atoms with Gasteiger partial charge in [0.2, 0.25) is 5.91 Å². The van der Waals surface area contributed by atoms with Gasteiger partial charge in [-0.2, -0.15) is 0 Å². The average Bonchev–Trinajstić information content (AvgIpc) is 2.64. The van der Waals surface area contributed by atoms with Crippen LogP contribution in [0.25, 0.3) is 0 Å². The number of amides is 3. The summed E-state index contributed by atoms with van der Waals surface area (Å²) in [7, 11) is 0. The molecule has 1 aliphatic heterocycles. The molecule has 1 saturated heterocycles.